The van der Waals surface area contributed by atoms with E-state index in [2.05, 4.69) is 26.6 Å². The van der Waals surface area contributed by atoms with Crippen molar-refractivity contribution < 1.29 is 0 Å². The molecule has 3 rings (SSSR count). The summed E-state index contributed by atoms with van der Waals surface area (Å²) in [6.45, 7) is 2.70. The molecule has 5 nitrogen and oxygen atoms in total. The van der Waals surface area contributed by atoms with Crippen molar-refractivity contribution in [2.45, 2.75) is 25.6 Å². The largest absolute Gasteiger partial charge is 0.388 e. The standard InChI is InChI=1S/C15H19N5/c16-14(17)10-13(12-4-2-1-3-5-12)20-9-8-19-7-6-18-15(19)11-20/h1-7,13H,8-11H2,(H3,16,17). The third-order valence-corrected chi connectivity index (χ3v) is 3.81. The maximum absolute atomic E-state index is 7.64. The predicted molar refractivity (Wildman–Crippen MR) is 78.4 cm³/mol. The molecule has 0 amide bonds. The van der Waals surface area contributed by atoms with Gasteiger partial charge in [-0.05, 0) is 5.56 Å². The lowest BCUT2D eigenvalue weighted by Gasteiger charge is -2.35. The van der Waals surface area contributed by atoms with Crippen LogP contribution in [0.25, 0.3) is 0 Å². The maximum Gasteiger partial charge on any atom is 0.122 e. The summed E-state index contributed by atoms with van der Waals surface area (Å²) in [5.41, 5.74) is 6.86. The molecule has 1 aliphatic heterocycles. The quantitative estimate of drug-likeness (QED) is 0.656. The van der Waals surface area contributed by atoms with Crippen LogP contribution in [0.5, 0.6) is 0 Å². The zero-order valence-electron chi connectivity index (χ0n) is 11.4. The number of imidazole rings is 1. The summed E-state index contributed by atoms with van der Waals surface area (Å²) in [5, 5.41) is 7.64. The highest BCUT2D eigenvalue weighted by Crippen LogP contribution is 2.27. The number of fused-ring (bicyclic) bond motifs is 1. The number of nitrogens with one attached hydrogen (secondary N) is 1. The molecule has 20 heavy (non-hydrogen) atoms. The Morgan fingerprint density at radius 3 is 2.85 bits per heavy atom. The molecule has 3 N–H and O–H groups in total. The minimum Gasteiger partial charge on any atom is -0.388 e. The molecule has 104 valence electrons. The van der Waals surface area contributed by atoms with Crippen LogP contribution in [0.4, 0.5) is 0 Å². The summed E-state index contributed by atoms with van der Waals surface area (Å²) in [6.07, 6.45) is 4.43. The summed E-state index contributed by atoms with van der Waals surface area (Å²) in [6, 6.07) is 10.4. The lowest BCUT2D eigenvalue weighted by atomic mass is 10.0. The molecule has 1 atom stereocenters. The van der Waals surface area contributed by atoms with E-state index >= 15 is 0 Å². The van der Waals surface area contributed by atoms with Crippen molar-refractivity contribution in [3.63, 3.8) is 0 Å². The van der Waals surface area contributed by atoms with Crippen LogP contribution in [0, 0.1) is 5.41 Å². The van der Waals surface area contributed by atoms with E-state index in [0.29, 0.717) is 6.42 Å². The van der Waals surface area contributed by atoms with Gasteiger partial charge in [0.15, 0.2) is 0 Å². The minimum absolute atomic E-state index is 0.152. The third kappa shape index (κ3) is 2.58. The molecule has 0 bridgehead atoms. The molecule has 2 aromatic rings. The van der Waals surface area contributed by atoms with Crippen LogP contribution in [0.2, 0.25) is 0 Å². The van der Waals surface area contributed by atoms with Crippen LogP contribution in [-0.4, -0.2) is 26.8 Å². The highest BCUT2D eigenvalue weighted by Gasteiger charge is 2.25. The first-order chi connectivity index (χ1) is 9.74. The van der Waals surface area contributed by atoms with E-state index in [9.17, 15) is 0 Å². The summed E-state index contributed by atoms with van der Waals surface area (Å²) in [7, 11) is 0. The first-order valence-electron chi connectivity index (χ1n) is 6.86. The Labute approximate surface area is 118 Å². The van der Waals surface area contributed by atoms with E-state index in [-0.39, 0.29) is 11.9 Å². The lowest BCUT2D eigenvalue weighted by molar-refractivity contribution is 0.155. The number of nitrogens with two attached hydrogens (primary N) is 1. The first kappa shape index (κ1) is 12.9. The Bertz CT molecular complexity index is 589. The van der Waals surface area contributed by atoms with Gasteiger partial charge in [0, 0.05) is 37.9 Å². The predicted octanol–water partition coefficient (Wildman–Crippen LogP) is 1.77. The molecule has 0 spiro atoms. The Morgan fingerprint density at radius 2 is 2.10 bits per heavy atom. The van der Waals surface area contributed by atoms with E-state index in [1.807, 2.05) is 30.6 Å². The molecule has 0 radical (unpaired) electrons. The fourth-order valence-electron chi connectivity index (χ4n) is 2.80. The normalized spacial score (nSPS) is 16.6. The molecule has 0 saturated carbocycles. The zero-order chi connectivity index (χ0) is 13.9. The van der Waals surface area contributed by atoms with Gasteiger partial charge in [-0.25, -0.2) is 4.98 Å². The number of benzene rings is 1. The average molecular weight is 269 g/mol. The second-order valence-corrected chi connectivity index (χ2v) is 5.16. The minimum atomic E-state index is 0.152. The lowest BCUT2D eigenvalue weighted by Crippen LogP contribution is -2.38. The van der Waals surface area contributed by atoms with Gasteiger partial charge in [0.25, 0.3) is 0 Å². The molecule has 1 aromatic carbocycles. The molecule has 0 fully saturated rings. The molecule has 1 aromatic heterocycles. The zero-order valence-corrected chi connectivity index (χ0v) is 11.4. The second kappa shape index (κ2) is 5.46. The van der Waals surface area contributed by atoms with Gasteiger partial charge in [0.05, 0.1) is 12.4 Å². The Balaban J connectivity index is 1.85. The molecule has 5 heteroatoms. The fourth-order valence-corrected chi connectivity index (χ4v) is 2.80. The topological polar surface area (TPSA) is 70.9 Å². The van der Waals surface area contributed by atoms with E-state index in [0.717, 1.165) is 25.5 Å². The van der Waals surface area contributed by atoms with Gasteiger partial charge in [-0.3, -0.25) is 10.3 Å². The average Bonchev–Trinajstić information content (AvgIpc) is 2.93. The van der Waals surface area contributed by atoms with Crippen LogP contribution in [0.1, 0.15) is 23.9 Å². The van der Waals surface area contributed by atoms with Gasteiger partial charge in [0.1, 0.15) is 5.82 Å². The molecule has 0 aliphatic carbocycles. The van der Waals surface area contributed by atoms with Gasteiger partial charge in [-0.2, -0.15) is 0 Å². The SMILES string of the molecule is N=C(N)CC(c1ccccc1)N1CCn2ccnc2C1. The summed E-state index contributed by atoms with van der Waals surface area (Å²) in [5.74, 6) is 1.31. The van der Waals surface area contributed by atoms with Crippen LogP contribution in [-0.2, 0) is 13.1 Å². The summed E-state index contributed by atoms with van der Waals surface area (Å²) in [4.78, 5) is 6.76. The van der Waals surface area contributed by atoms with Crippen molar-refractivity contribution in [1.82, 2.24) is 14.5 Å². The van der Waals surface area contributed by atoms with E-state index in [4.69, 9.17) is 11.1 Å². The van der Waals surface area contributed by atoms with Gasteiger partial charge in [-0.15, -0.1) is 0 Å². The smallest absolute Gasteiger partial charge is 0.122 e. The van der Waals surface area contributed by atoms with Gasteiger partial charge in [-0.1, -0.05) is 30.3 Å². The van der Waals surface area contributed by atoms with Crippen LogP contribution < -0.4 is 5.73 Å². The van der Waals surface area contributed by atoms with E-state index < -0.39 is 0 Å². The van der Waals surface area contributed by atoms with Crippen LogP contribution in [0.15, 0.2) is 42.7 Å². The molecule has 2 heterocycles. The van der Waals surface area contributed by atoms with Crippen molar-refractivity contribution >= 4 is 5.84 Å². The highest BCUT2D eigenvalue weighted by molar-refractivity contribution is 5.77. The molecule has 0 saturated heterocycles. The monoisotopic (exact) mass is 269 g/mol. The Morgan fingerprint density at radius 1 is 1.30 bits per heavy atom. The number of amidine groups is 1. The van der Waals surface area contributed by atoms with Crippen molar-refractivity contribution in [3.05, 3.63) is 54.1 Å². The van der Waals surface area contributed by atoms with Gasteiger partial charge < -0.3 is 10.3 Å². The van der Waals surface area contributed by atoms with Crippen molar-refractivity contribution in [2.24, 2.45) is 5.73 Å². The van der Waals surface area contributed by atoms with Crippen molar-refractivity contribution in [2.75, 3.05) is 6.54 Å². The summed E-state index contributed by atoms with van der Waals surface area (Å²) < 4.78 is 2.19. The Hall–Kier alpha value is -2.14. The molecular formula is C15H19N5. The second-order valence-electron chi connectivity index (χ2n) is 5.16. The third-order valence-electron chi connectivity index (χ3n) is 3.81. The van der Waals surface area contributed by atoms with E-state index in [1.54, 1.807) is 0 Å². The number of rotatable bonds is 4. The maximum atomic E-state index is 7.64. The van der Waals surface area contributed by atoms with E-state index in [1.165, 1.54) is 5.56 Å². The number of aromatic nitrogens is 2. The van der Waals surface area contributed by atoms with Crippen LogP contribution >= 0.6 is 0 Å². The Kier molecular flexibility index (Phi) is 3.52. The molecular weight excluding hydrogens is 250 g/mol. The first-order valence-corrected chi connectivity index (χ1v) is 6.86. The summed E-state index contributed by atoms with van der Waals surface area (Å²) >= 11 is 0. The molecule has 1 aliphatic rings. The van der Waals surface area contributed by atoms with Gasteiger partial charge >= 0.3 is 0 Å². The van der Waals surface area contributed by atoms with Crippen LogP contribution in [0.3, 0.4) is 0 Å². The van der Waals surface area contributed by atoms with Crippen molar-refractivity contribution in [1.29, 1.82) is 5.41 Å². The molecule has 1 unspecified atom stereocenters. The fraction of sp³-hybridized carbons (Fsp3) is 0.333. The highest BCUT2D eigenvalue weighted by atomic mass is 15.3. The number of nitrogens with zero attached hydrogens (tertiary/aromatic N) is 3. The van der Waals surface area contributed by atoms with Crippen molar-refractivity contribution in [3.8, 4) is 0 Å². The number of hydrogen-bond donors (Lipinski definition) is 2. The number of hydrogen-bond acceptors (Lipinski definition) is 3. The van der Waals surface area contributed by atoms with Gasteiger partial charge in [0.2, 0.25) is 0 Å².